The van der Waals surface area contributed by atoms with Gasteiger partial charge in [0.05, 0.1) is 0 Å². The number of halogens is 1. The first-order chi connectivity index (χ1) is 12.6. The largest absolute Gasteiger partial charge is 0.0843 e. The van der Waals surface area contributed by atoms with Crippen LogP contribution >= 0.6 is 11.6 Å². The van der Waals surface area contributed by atoms with Crippen LogP contribution in [0.5, 0.6) is 0 Å². The number of rotatable bonds is 2. The lowest BCUT2D eigenvalue weighted by molar-refractivity contribution is 0.233. The second kappa shape index (κ2) is 6.13. The van der Waals surface area contributed by atoms with Crippen molar-refractivity contribution >= 4 is 22.4 Å². The highest BCUT2D eigenvalue weighted by Crippen LogP contribution is 2.53. The van der Waals surface area contributed by atoms with Crippen molar-refractivity contribution in [3.05, 3.63) is 71.2 Å². The summed E-state index contributed by atoms with van der Waals surface area (Å²) >= 11 is 6.10. The van der Waals surface area contributed by atoms with Crippen molar-refractivity contribution in [3.8, 4) is 11.1 Å². The van der Waals surface area contributed by atoms with E-state index >= 15 is 0 Å². The Balaban J connectivity index is 1.67. The van der Waals surface area contributed by atoms with Crippen LogP contribution in [0, 0.1) is 11.8 Å². The van der Waals surface area contributed by atoms with Crippen molar-refractivity contribution in [2.75, 3.05) is 0 Å². The van der Waals surface area contributed by atoms with E-state index in [9.17, 15) is 0 Å². The molecule has 5 rings (SSSR count). The Morgan fingerprint density at radius 2 is 1.46 bits per heavy atom. The lowest BCUT2D eigenvalue weighted by atomic mass is 9.65. The number of fused-ring (bicyclic) bond motifs is 3. The third kappa shape index (κ3) is 2.67. The lowest BCUT2D eigenvalue weighted by Crippen LogP contribution is -2.30. The van der Waals surface area contributed by atoms with Crippen LogP contribution < -0.4 is 0 Å². The minimum Gasteiger partial charge on any atom is -0.0843 e. The molecule has 0 amide bonds. The molecule has 2 aliphatic rings. The van der Waals surface area contributed by atoms with Crippen molar-refractivity contribution in [1.82, 2.24) is 0 Å². The van der Waals surface area contributed by atoms with Gasteiger partial charge in [-0.1, -0.05) is 79.9 Å². The van der Waals surface area contributed by atoms with Gasteiger partial charge in [0.2, 0.25) is 0 Å². The summed E-state index contributed by atoms with van der Waals surface area (Å²) in [5.41, 5.74) is 4.43. The zero-order valence-corrected chi connectivity index (χ0v) is 16.1. The topological polar surface area (TPSA) is 0 Å². The Labute approximate surface area is 161 Å². The standard InChI is InChI=1S/C25H25Cl/c1-25(15-17-6-7-18(14-17)16-25)24-13-12-21(19-8-10-20(26)11-9-19)22-4-2-3-5-23(22)24/h2-5,8-13,17-18H,6-7,14-16H2,1H3/t17-,18?,25?/m0/s1. The van der Waals surface area contributed by atoms with Crippen molar-refractivity contribution in [3.63, 3.8) is 0 Å². The summed E-state index contributed by atoms with van der Waals surface area (Å²) in [5, 5.41) is 3.59. The summed E-state index contributed by atoms with van der Waals surface area (Å²) in [4.78, 5) is 0. The van der Waals surface area contributed by atoms with Gasteiger partial charge in [-0.3, -0.25) is 0 Å². The van der Waals surface area contributed by atoms with Gasteiger partial charge in [0.1, 0.15) is 0 Å². The Bertz CT molecular complexity index is 942. The molecule has 0 spiro atoms. The fourth-order valence-corrected chi connectivity index (χ4v) is 5.96. The quantitative estimate of drug-likeness (QED) is 0.440. The zero-order valence-electron chi connectivity index (χ0n) is 15.3. The summed E-state index contributed by atoms with van der Waals surface area (Å²) in [6.45, 7) is 2.52. The fourth-order valence-electron chi connectivity index (χ4n) is 5.83. The molecule has 2 bridgehead atoms. The van der Waals surface area contributed by atoms with E-state index in [0.717, 1.165) is 16.9 Å². The van der Waals surface area contributed by atoms with E-state index in [4.69, 9.17) is 11.6 Å². The molecular formula is C25H25Cl. The molecule has 3 aromatic carbocycles. The third-order valence-corrected chi connectivity index (χ3v) is 7.11. The molecule has 0 saturated heterocycles. The van der Waals surface area contributed by atoms with Crippen LogP contribution in [-0.2, 0) is 5.41 Å². The molecule has 0 nitrogen and oxygen atoms in total. The van der Waals surface area contributed by atoms with Gasteiger partial charge in [-0.2, -0.15) is 0 Å². The molecule has 3 aromatic rings. The van der Waals surface area contributed by atoms with E-state index in [1.54, 1.807) is 5.56 Å². The second-order valence-corrected chi connectivity index (χ2v) is 9.16. The van der Waals surface area contributed by atoms with E-state index in [1.165, 1.54) is 54.0 Å². The summed E-state index contributed by atoms with van der Waals surface area (Å²) in [5.74, 6) is 1.88. The molecule has 1 heteroatoms. The number of hydrogen-bond acceptors (Lipinski definition) is 0. The Morgan fingerprint density at radius 1 is 0.808 bits per heavy atom. The molecule has 2 unspecified atom stereocenters. The molecule has 0 radical (unpaired) electrons. The van der Waals surface area contributed by atoms with Gasteiger partial charge in [0.25, 0.3) is 0 Å². The van der Waals surface area contributed by atoms with Gasteiger partial charge in [0, 0.05) is 5.02 Å². The van der Waals surface area contributed by atoms with Gasteiger partial charge in [-0.05, 0) is 76.1 Å². The van der Waals surface area contributed by atoms with Crippen LogP contribution in [-0.4, -0.2) is 0 Å². The zero-order chi connectivity index (χ0) is 17.7. The van der Waals surface area contributed by atoms with Crippen LogP contribution in [0.2, 0.25) is 5.02 Å². The molecule has 0 heterocycles. The van der Waals surface area contributed by atoms with Crippen LogP contribution in [0.1, 0.15) is 44.6 Å². The summed E-state index contributed by atoms with van der Waals surface area (Å²) in [7, 11) is 0. The van der Waals surface area contributed by atoms with Gasteiger partial charge in [0.15, 0.2) is 0 Å². The maximum absolute atomic E-state index is 6.10. The SMILES string of the molecule is CC1(c2ccc(-c3ccc(Cl)cc3)c3ccccc23)CC2CC[C@@H](C2)C1. The van der Waals surface area contributed by atoms with E-state index < -0.39 is 0 Å². The normalized spacial score (nSPS) is 27.8. The van der Waals surface area contributed by atoms with Gasteiger partial charge in [-0.15, -0.1) is 0 Å². The predicted molar refractivity (Wildman–Crippen MR) is 112 cm³/mol. The van der Waals surface area contributed by atoms with Crippen LogP contribution in [0.3, 0.4) is 0 Å². The van der Waals surface area contributed by atoms with Crippen molar-refractivity contribution < 1.29 is 0 Å². The first-order valence-electron chi connectivity index (χ1n) is 9.90. The number of hydrogen-bond donors (Lipinski definition) is 0. The van der Waals surface area contributed by atoms with Crippen LogP contribution in [0.25, 0.3) is 21.9 Å². The maximum atomic E-state index is 6.10. The number of benzene rings is 3. The summed E-state index contributed by atoms with van der Waals surface area (Å²) < 4.78 is 0. The average molecular weight is 361 g/mol. The molecule has 0 aliphatic heterocycles. The van der Waals surface area contributed by atoms with Gasteiger partial charge < -0.3 is 0 Å². The van der Waals surface area contributed by atoms with Crippen molar-refractivity contribution in [2.24, 2.45) is 11.8 Å². The predicted octanol–water partition coefficient (Wildman–Crippen LogP) is 7.63. The molecule has 0 N–H and O–H groups in total. The van der Waals surface area contributed by atoms with Crippen LogP contribution in [0.4, 0.5) is 0 Å². The Kier molecular flexibility index (Phi) is 3.87. The minimum absolute atomic E-state index is 0.322. The molecule has 26 heavy (non-hydrogen) atoms. The smallest absolute Gasteiger partial charge is 0.0406 e. The molecule has 2 aliphatic carbocycles. The van der Waals surface area contributed by atoms with Crippen molar-refractivity contribution in [1.29, 1.82) is 0 Å². The van der Waals surface area contributed by atoms with E-state index in [-0.39, 0.29) is 0 Å². The fraction of sp³-hybridized carbons (Fsp3) is 0.360. The maximum Gasteiger partial charge on any atom is 0.0406 e. The highest BCUT2D eigenvalue weighted by molar-refractivity contribution is 6.30. The third-order valence-electron chi connectivity index (χ3n) is 6.86. The Hall–Kier alpha value is -1.79. The van der Waals surface area contributed by atoms with E-state index in [0.29, 0.717) is 5.41 Å². The second-order valence-electron chi connectivity index (χ2n) is 8.73. The van der Waals surface area contributed by atoms with E-state index in [1.807, 2.05) is 12.1 Å². The molecule has 132 valence electrons. The highest BCUT2D eigenvalue weighted by atomic mass is 35.5. The molecular weight excluding hydrogens is 336 g/mol. The highest BCUT2D eigenvalue weighted by Gasteiger charge is 2.42. The average Bonchev–Trinajstić information content (AvgIpc) is 3.00. The van der Waals surface area contributed by atoms with Crippen molar-refractivity contribution in [2.45, 2.75) is 44.4 Å². The lowest BCUT2D eigenvalue weighted by Gasteiger charge is -2.39. The van der Waals surface area contributed by atoms with Gasteiger partial charge in [-0.25, -0.2) is 0 Å². The molecule has 2 fully saturated rings. The van der Waals surface area contributed by atoms with Crippen LogP contribution in [0.15, 0.2) is 60.7 Å². The van der Waals surface area contributed by atoms with Gasteiger partial charge >= 0.3 is 0 Å². The monoisotopic (exact) mass is 360 g/mol. The molecule has 0 aromatic heterocycles. The summed E-state index contributed by atoms with van der Waals surface area (Å²) in [6.07, 6.45) is 7.07. The Morgan fingerprint density at radius 3 is 2.15 bits per heavy atom. The summed E-state index contributed by atoms with van der Waals surface area (Å²) in [6, 6.07) is 21.9. The van der Waals surface area contributed by atoms with E-state index in [2.05, 4.69) is 55.5 Å². The first kappa shape index (κ1) is 16.4. The minimum atomic E-state index is 0.322. The molecule has 2 saturated carbocycles. The first-order valence-corrected chi connectivity index (χ1v) is 10.3. The molecule has 3 atom stereocenters.